The summed E-state index contributed by atoms with van der Waals surface area (Å²) in [7, 11) is 2.00. The van der Waals surface area contributed by atoms with Crippen LogP contribution in [-0.4, -0.2) is 12.0 Å². The average Bonchev–Trinajstić information content (AvgIpc) is 2.30. The fourth-order valence-electron chi connectivity index (χ4n) is 1.37. The van der Waals surface area contributed by atoms with Gasteiger partial charge in [-0.3, -0.25) is 4.98 Å². The second kappa shape index (κ2) is 4.32. The van der Waals surface area contributed by atoms with E-state index in [1.165, 1.54) is 0 Å². The van der Waals surface area contributed by atoms with Gasteiger partial charge in [-0.05, 0) is 36.4 Å². The van der Waals surface area contributed by atoms with Gasteiger partial charge in [-0.25, -0.2) is 0 Å². The molecule has 1 heterocycles. The highest BCUT2D eigenvalue weighted by Crippen LogP contribution is 2.23. The van der Waals surface area contributed by atoms with Crippen LogP contribution in [0.4, 0.5) is 11.4 Å². The van der Waals surface area contributed by atoms with Gasteiger partial charge in [0.1, 0.15) is 0 Å². The molecule has 0 aliphatic carbocycles. The van der Waals surface area contributed by atoms with Gasteiger partial charge >= 0.3 is 0 Å². The minimum absolute atomic E-state index is 0.748. The van der Waals surface area contributed by atoms with Crippen LogP contribution in [0.2, 0.25) is 5.02 Å². The molecule has 15 heavy (non-hydrogen) atoms. The quantitative estimate of drug-likeness (QED) is 0.767. The number of anilines is 2. The summed E-state index contributed by atoms with van der Waals surface area (Å²) in [5.74, 6) is 0. The number of rotatable bonds is 2. The first-order valence-electron chi connectivity index (χ1n) is 4.67. The van der Waals surface area contributed by atoms with Crippen LogP contribution < -0.4 is 4.90 Å². The van der Waals surface area contributed by atoms with Gasteiger partial charge in [-0.2, -0.15) is 0 Å². The summed E-state index contributed by atoms with van der Waals surface area (Å²) in [6.45, 7) is 0. The zero-order chi connectivity index (χ0) is 10.7. The third-order valence-corrected chi connectivity index (χ3v) is 2.50. The number of aromatic nitrogens is 1. The molecule has 0 unspecified atom stereocenters. The summed E-state index contributed by atoms with van der Waals surface area (Å²) in [6.07, 6.45) is 3.59. The van der Waals surface area contributed by atoms with E-state index in [4.69, 9.17) is 11.6 Å². The van der Waals surface area contributed by atoms with Gasteiger partial charge in [-0.15, -0.1) is 0 Å². The Kier molecular flexibility index (Phi) is 2.88. The van der Waals surface area contributed by atoms with Crippen LogP contribution in [0.15, 0.2) is 48.8 Å². The molecule has 2 rings (SSSR count). The van der Waals surface area contributed by atoms with Crippen LogP contribution in [0.3, 0.4) is 0 Å². The van der Waals surface area contributed by atoms with Gasteiger partial charge in [0, 0.05) is 24.0 Å². The van der Waals surface area contributed by atoms with Crippen molar-refractivity contribution in [3.05, 3.63) is 53.8 Å². The van der Waals surface area contributed by atoms with Crippen molar-refractivity contribution in [3.63, 3.8) is 0 Å². The Hall–Kier alpha value is -1.54. The van der Waals surface area contributed by atoms with E-state index in [-0.39, 0.29) is 0 Å². The molecule has 0 saturated carbocycles. The number of pyridine rings is 1. The van der Waals surface area contributed by atoms with E-state index in [0.29, 0.717) is 0 Å². The molecule has 2 nitrogen and oxygen atoms in total. The summed E-state index contributed by atoms with van der Waals surface area (Å²) in [5, 5.41) is 0.748. The standard InChI is InChI=1S/C12H11ClN2/c1-15(12-3-2-8-14-9-12)11-6-4-10(13)5-7-11/h2-9H,1H3. The van der Waals surface area contributed by atoms with E-state index < -0.39 is 0 Å². The van der Waals surface area contributed by atoms with E-state index in [0.717, 1.165) is 16.4 Å². The minimum atomic E-state index is 0.748. The number of hydrogen-bond acceptors (Lipinski definition) is 2. The molecule has 0 atom stereocenters. The summed E-state index contributed by atoms with van der Waals surface area (Å²) >= 11 is 5.83. The van der Waals surface area contributed by atoms with Crippen LogP contribution in [0.25, 0.3) is 0 Å². The zero-order valence-electron chi connectivity index (χ0n) is 8.39. The SMILES string of the molecule is CN(c1ccc(Cl)cc1)c1cccnc1. The molecule has 76 valence electrons. The Labute approximate surface area is 94.1 Å². The molecular formula is C12H11ClN2. The van der Waals surface area contributed by atoms with E-state index in [2.05, 4.69) is 9.88 Å². The molecule has 0 bridgehead atoms. The Morgan fingerprint density at radius 2 is 1.80 bits per heavy atom. The molecular weight excluding hydrogens is 208 g/mol. The molecule has 0 aliphatic rings. The highest BCUT2D eigenvalue weighted by atomic mass is 35.5. The molecule has 0 N–H and O–H groups in total. The number of hydrogen-bond donors (Lipinski definition) is 0. The fraction of sp³-hybridized carbons (Fsp3) is 0.0833. The second-order valence-corrected chi connectivity index (χ2v) is 3.68. The molecule has 3 heteroatoms. The summed E-state index contributed by atoms with van der Waals surface area (Å²) in [6, 6.07) is 11.7. The van der Waals surface area contributed by atoms with E-state index in [1.54, 1.807) is 6.20 Å². The third-order valence-electron chi connectivity index (χ3n) is 2.25. The maximum Gasteiger partial charge on any atom is 0.0594 e. The predicted octanol–water partition coefficient (Wildman–Crippen LogP) is 3.50. The first kappa shape index (κ1) is 9.99. The monoisotopic (exact) mass is 218 g/mol. The van der Waals surface area contributed by atoms with E-state index >= 15 is 0 Å². The summed E-state index contributed by atoms with van der Waals surface area (Å²) < 4.78 is 0. The van der Waals surface area contributed by atoms with Gasteiger partial charge < -0.3 is 4.90 Å². The zero-order valence-corrected chi connectivity index (χ0v) is 9.15. The van der Waals surface area contributed by atoms with Gasteiger partial charge in [-0.1, -0.05) is 11.6 Å². The highest BCUT2D eigenvalue weighted by Gasteiger charge is 2.02. The van der Waals surface area contributed by atoms with Crippen molar-refractivity contribution in [2.45, 2.75) is 0 Å². The maximum atomic E-state index is 5.83. The Morgan fingerprint density at radius 3 is 2.40 bits per heavy atom. The van der Waals surface area contributed by atoms with Crippen molar-refractivity contribution in [3.8, 4) is 0 Å². The molecule has 0 spiro atoms. The van der Waals surface area contributed by atoms with Crippen molar-refractivity contribution in [2.24, 2.45) is 0 Å². The van der Waals surface area contributed by atoms with Crippen molar-refractivity contribution in [1.29, 1.82) is 0 Å². The minimum Gasteiger partial charge on any atom is -0.343 e. The van der Waals surface area contributed by atoms with Crippen LogP contribution in [0, 0.1) is 0 Å². The second-order valence-electron chi connectivity index (χ2n) is 3.25. The van der Waals surface area contributed by atoms with Crippen molar-refractivity contribution in [1.82, 2.24) is 4.98 Å². The Bertz CT molecular complexity index is 425. The molecule has 2 aromatic rings. The number of nitrogens with zero attached hydrogens (tertiary/aromatic N) is 2. The maximum absolute atomic E-state index is 5.83. The first-order valence-corrected chi connectivity index (χ1v) is 5.04. The van der Waals surface area contributed by atoms with Gasteiger partial charge in [0.25, 0.3) is 0 Å². The lowest BCUT2D eigenvalue weighted by atomic mass is 10.3. The molecule has 0 saturated heterocycles. The van der Waals surface area contributed by atoms with Crippen LogP contribution in [-0.2, 0) is 0 Å². The largest absolute Gasteiger partial charge is 0.343 e. The van der Waals surface area contributed by atoms with E-state index in [9.17, 15) is 0 Å². The highest BCUT2D eigenvalue weighted by molar-refractivity contribution is 6.30. The first-order chi connectivity index (χ1) is 7.27. The van der Waals surface area contributed by atoms with Crippen molar-refractivity contribution < 1.29 is 0 Å². The van der Waals surface area contributed by atoms with Gasteiger partial charge in [0.05, 0.1) is 11.9 Å². The normalized spacial score (nSPS) is 10.0. The van der Waals surface area contributed by atoms with Crippen LogP contribution in [0.1, 0.15) is 0 Å². The smallest absolute Gasteiger partial charge is 0.0594 e. The number of benzene rings is 1. The summed E-state index contributed by atoms with van der Waals surface area (Å²) in [5.41, 5.74) is 2.15. The molecule has 0 amide bonds. The fourth-order valence-corrected chi connectivity index (χ4v) is 1.49. The molecule has 0 aliphatic heterocycles. The Morgan fingerprint density at radius 1 is 1.07 bits per heavy atom. The lowest BCUT2D eigenvalue weighted by Crippen LogP contribution is -2.09. The van der Waals surface area contributed by atoms with Gasteiger partial charge in [0.15, 0.2) is 0 Å². The Balaban J connectivity index is 2.29. The molecule has 0 radical (unpaired) electrons. The summed E-state index contributed by atoms with van der Waals surface area (Å²) in [4.78, 5) is 6.14. The van der Waals surface area contributed by atoms with Crippen molar-refractivity contribution >= 4 is 23.0 Å². The third kappa shape index (κ3) is 2.28. The van der Waals surface area contributed by atoms with Gasteiger partial charge in [0.2, 0.25) is 0 Å². The lowest BCUT2D eigenvalue weighted by Gasteiger charge is -2.18. The molecule has 0 fully saturated rings. The topological polar surface area (TPSA) is 16.1 Å². The number of halogens is 1. The predicted molar refractivity (Wildman–Crippen MR) is 63.8 cm³/mol. The van der Waals surface area contributed by atoms with E-state index in [1.807, 2.05) is 49.6 Å². The molecule has 1 aromatic carbocycles. The van der Waals surface area contributed by atoms with Crippen LogP contribution >= 0.6 is 11.6 Å². The van der Waals surface area contributed by atoms with Crippen LogP contribution in [0.5, 0.6) is 0 Å². The lowest BCUT2D eigenvalue weighted by molar-refractivity contribution is 1.17. The van der Waals surface area contributed by atoms with Crippen molar-refractivity contribution in [2.75, 3.05) is 11.9 Å². The molecule has 1 aromatic heterocycles. The average molecular weight is 219 g/mol.